The number of para-hydroxylation sites is 1. The predicted molar refractivity (Wildman–Crippen MR) is 149 cm³/mol. The van der Waals surface area contributed by atoms with Crippen LogP contribution in [0.3, 0.4) is 0 Å². The fourth-order valence-electron chi connectivity index (χ4n) is 4.64. The Labute approximate surface area is 235 Å². The van der Waals surface area contributed by atoms with E-state index in [-0.39, 0.29) is 22.8 Å². The van der Waals surface area contributed by atoms with Crippen LogP contribution in [-0.4, -0.2) is 39.2 Å². The van der Waals surface area contributed by atoms with Crippen molar-refractivity contribution < 1.29 is 39.2 Å². The summed E-state index contributed by atoms with van der Waals surface area (Å²) in [6.07, 6.45) is 0.0194. The van der Waals surface area contributed by atoms with Crippen LogP contribution in [0, 0.1) is 16.2 Å². The molecule has 1 atom stereocenters. The zero-order chi connectivity index (χ0) is 30.1. The van der Waals surface area contributed by atoms with E-state index in [1.54, 1.807) is 42.5 Å². The number of carbonyl (C=O) groups excluding carboxylic acids is 1. The Bertz CT molecular complexity index is 1100. The molecule has 0 saturated heterocycles. The highest BCUT2D eigenvalue weighted by Gasteiger charge is 2.47. The zero-order valence-corrected chi connectivity index (χ0v) is 24.1. The first-order chi connectivity index (χ1) is 17.8. The minimum Gasteiger partial charge on any atom is -0.481 e. The highest BCUT2D eigenvalue weighted by Crippen LogP contribution is 2.46. The first kappa shape index (κ1) is 33.6. The lowest BCUT2D eigenvalue weighted by Crippen LogP contribution is -2.42. The standard InChI is InChI=1S/C20H30O4.C10H9ClO4/c1-18(2,3)13-20(12-16(21)22,14-19(4,5)6)17(23)24-15-10-8-7-9-11-15;11-10(9(14)15,6-8(12)13)7-4-2-1-3-5-7/h7-11H,12-14H2,1-6H3,(H,21,22);1-5H,6H2,(H,12,13)(H,14,15). The van der Waals surface area contributed by atoms with Gasteiger partial charge >= 0.3 is 23.9 Å². The van der Waals surface area contributed by atoms with E-state index in [9.17, 15) is 24.3 Å². The van der Waals surface area contributed by atoms with E-state index in [2.05, 4.69) is 0 Å². The molecule has 2 aromatic rings. The van der Waals surface area contributed by atoms with Crippen LogP contribution < -0.4 is 4.74 Å². The smallest absolute Gasteiger partial charge is 0.329 e. The van der Waals surface area contributed by atoms with Crippen LogP contribution in [0.4, 0.5) is 0 Å². The van der Waals surface area contributed by atoms with Gasteiger partial charge in [-0.1, -0.05) is 90.1 Å². The van der Waals surface area contributed by atoms with Crippen LogP contribution >= 0.6 is 11.6 Å². The van der Waals surface area contributed by atoms with Gasteiger partial charge in [0, 0.05) is 0 Å². The summed E-state index contributed by atoms with van der Waals surface area (Å²) in [5, 5.41) is 27.0. The van der Waals surface area contributed by atoms with E-state index >= 15 is 0 Å². The number of carbonyl (C=O) groups is 4. The molecular formula is C30H39ClO8. The molecule has 0 aliphatic rings. The highest BCUT2D eigenvalue weighted by atomic mass is 35.5. The number of halogens is 1. The monoisotopic (exact) mass is 562 g/mol. The highest BCUT2D eigenvalue weighted by molar-refractivity contribution is 6.34. The molecule has 2 aromatic carbocycles. The molecule has 214 valence electrons. The number of ether oxygens (including phenoxy) is 1. The van der Waals surface area contributed by atoms with Gasteiger partial charge in [-0.25, -0.2) is 4.79 Å². The number of hydrogen-bond acceptors (Lipinski definition) is 5. The fraction of sp³-hybridized carbons (Fsp3) is 0.467. The van der Waals surface area contributed by atoms with Gasteiger partial charge in [0.1, 0.15) is 5.75 Å². The van der Waals surface area contributed by atoms with Crippen molar-refractivity contribution >= 4 is 35.5 Å². The Morgan fingerprint density at radius 1 is 0.692 bits per heavy atom. The summed E-state index contributed by atoms with van der Waals surface area (Å²) in [6.45, 7) is 12.1. The molecule has 1 unspecified atom stereocenters. The maximum absolute atomic E-state index is 13.0. The van der Waals surface area contributed by atoms with E-state index < -0.39 is 40.6 Å². The number of alkyl halides is 1. The molecule has 0 saturated carbocycles. The average molecular weight is 563 g/mol. The quantitative estimate of drug-likeness (QED) is 0.167. The minimum absolute atomic E-state index is 0.198. The lowest BCUT2D eigenvalue weighted by atomic mass is 9.64. The van der Waals surface area contributed by atoms with Crippen molar-refractivity contribution in [2.75, 3.05) is 0 Å². The second-order valence-corrected chi connectivity index (χ2v) is 12.7. The van der Waals surface area contributed by atoms with Gasteiger partial charge in [-0.15, -0.1) is 11.6 Å². The summed E-state index contributed by atoms with van der Waals surface area (Å²) in [4.78, 5) is 44.2. The second kappa shape index (κ2) is 13.6. The normalized spacial score (nSPS) is 13.3. The van der Waals surface area contributed by atoms with Crippen LogP contribution in [0.15, 0.2) is 60.7 Å². The SMILES string of the molecule is CC(C)(C)CC(CC(=O)O)(CC(C)(C)C)C(=O)Oc1ccccc1.O=C(O)CC(Cl)(C(=O)O)c1ccccc1. The van der Waals surface area contributed by atoms with Crippen molar-refractivity contribution in [2.24, 2.45) is 16.2 Å². The van der Waals surface area contributed by atoms with Gasteiger partial charge in [0.05, 0.1) is 18.3 Å². The largest absolute Gasteiger partial charge is 0.481 e. The van der Waals surface area contributed by atoms with Crippen molar-refractivity contribution in [1.82, 2.24) is 0 Å². The Kier molecular flexibility index (Phi) is 11.7. The van der Waals surface area contributed by atoms with Gasteiger partial charge in [-0.05, 0) is 41.4 Å². The Hall–Kier alpha value is -3.39. The van der Waals surface area contributed by atoms with Crippen LogP contribution in [-0.2, 0) is 24.1 Å². The number of benzene rings is 2. The number of hydrogen-bond donors (Lipinski definition) is 3. The third kappa shape index (κ3) is 11.5. The number of carboxylic acid groups (broad SMARTS) is 3. The number of carboxylic acids is 3. The second-order valence-electron chi connectivity index (χ2n) is 12.1. The number of aliphatic carboxylic acids is 3. The Balaban J connectivity index is 0.000000434. The molecule has 0 aliphatic carbocycles. The lowest BCUT2D eigenvalue weighted by Gasteiger charge is -2.39. The topological polar surface area (TPSA) is 138 Å². The minimum atomic E-state index is -1.90. The van der Waals surface area contributed by atoms with Gasteiger partial charge in [0.25, 0.3) is 0 Å². The summed E-state index contributed by atoms with van der Waals surface area (Å²) in [6, 6.07) is 16.7. The van der Waals surface area contributed by atoms with E-state index in [0.717, 1.165) is 0 Å². The van der Waals surface area contributed by atoms with Crippen LogP contribution in [0.2, 0.25) is 0 Å². The average Bonchev–Trinajstić information content (AvgIpc) is 2.77. The van der Waals surface area contributed by atoms with Gasteiger partial charge < -0.3 is 20.1 Å². The molecule has 0 bridgehead atoms. The van der Waals surface area contributed by atoms with Crippen LogP contribution in [0.5, 0.6) is 5.75 Å². The van der Waals surface area contributed by atoms with Crippen molar-refractivity contribution in [3.05, 3.63) is 66.2 Å². The van der Waals surface area contributed by atoms with Crippen molar-refractivity contribution in [3.63, 3.8) is 0 Å². The maximum atomic E-state index is 13.0. The number of esters is 1. The molecule has 0 radical (unpaired) electrons. The van der Waals surface area contributed by atoms with E-state index in [0.29, 0.717) is 18.6 Å². The van der Waals surface area contributed by atoms with Gasteiger partial charge in [-0.3, -0.25) is 14.4 Å². The van der Waals surface area contributed by atoms with Gasteiger partial charge in [0.2, 0.25) is 0 Å². The molecule has 39 heavy (non-hydrogen) atoms. The van der Waals surface area contributed by atoms with Gasteiger partial charge in [0.15, 0.2) is 4.87 Å². The molecular weight excluding hydrogens is 524 g/mol. The van der Waals surface area contributed by atoms with Crippen LogP contribution in [0.25, 0.3) is 0 Å². The van der Waals surface area contributed by atoms with Gasteiger partial charge in [-0.2, -0.15) is 0 Å². The van der Waals surface area contributed by atoms with Crippen molar-refractivity contribution in [1.29, 1.82) is 0 Å². The molecule has 8 nitrogen and oxygen atoms in total. The maximum Gasteiger partial charge on any atom is 0.329 e. The molecule has 0 amide bonds. The van der Waals surface area contributed by atoms with Crippen molar-refractivity contribution in [2.45, 2.75) is 72.1 Å². The first-order valence-corrected chi connectivity index (χ1v) is 12.9. The molecule has 9 heteroatoms. The summed E-state index contributed by atoms with van der Waals surface area (Å²) in [5.41, 5.74) is -1.19. The summed E-state index contributed by atoms with van der Waals surface area (Å²) in [5.74, 6) is -3.61. The van der Waals surface area contributed by atoms with Crippen LogP contribution in [0.1, 0.15) is 72.8 Å². The first-order valence-electron chi connectivity index (χ1n) is 12.5. The number of rotatable bonds is 10. The molecule has 0 aliphatic heterocycles. The summed E-state index contributed by atoms with van der Waals surface area (Å²) >= 11 is 5.81. The molecule has 0 heterocycles. The molecule has 3 N–H and O–H groups in total. The van der Waals surface area contributed by atoms with Crippen molar-refractivity contribution in [3.8, 4) is 5.75 Å². The molecule has 0 spiro atoms. The Morgan fingerprint density at radius 2 is 1.10 bits per heavy atom. The lowest BCUT2D eigenvalue weighted by molar-refractivity contribution is -0.157. The van der Waals surface area contributed by atoms with E-state index in [1.807, 2.05) is 47.6 Å². The predicted octanol–water partition coefficient (Wildman–Crippen LogP) is 6.61. The third-order valence-electron chi connectivity index (χ3n) is 5.58. The Morgan fingerprint density at radius 3 is 1.46 bits per heavy atom. The molecule has 2 rings (SSSR count). The fourth-order valence-corrected chi connectivity index (χ4v) is 4.88. The zero-order valence-electron chi connectivity index (χ0n) is 23.4. The molecule has 0 fully saturated rings. The van der Waals surface area contributed by atoms with E-state index in [1.165, 1.54) is 12.1 Å². The summed E-state index contributed by atoms with van der Waals surface area (Å²) in [7, 11) is 0. The molecule has 0 aromatic heterocycles. The third-order valence-corrected chi connectivity index (χ3v) is 6.09. The van der Waals surface area contributed by atoms with E-state index in [4.69, 9.17) is 26.6 Å². The summed E-state index contributed by atoms with van der Waals surface area (Å²) < 4.78 is 5.57.